The summed E-state index contributed by atoms with van der Waals surface area (Å²) in [7, 11) is 0. The highest BCUT2D eigenvalue weighted by molar-refractivity contribution is 5.70. The lowest BCUT2D eigenvalue weighted by Crippen LogP contribution is -2.38. The van der Waals surface area contributed by atoms with Gasteiger partial charge >= 0.3 is 5.97 Å². The number of carbonyl (C=O) groups excluding carboxylic acids is 1. The maximum Gasteiger partial charge on any atom is 0.313 e. The van der Waals surface area contributed by atoms with Gasteiger partial charge in [0, 0.05) is 13.5 Å². The summed E-state index contributed by atoms with van der Waals surface area (Å²) in [6.07, 6.45) is 0.0289. The van der Waals surface area contributed by atoms with Gasteiger partial charge in [0.25, 0.3) is 5.79 Å². The fourth-order valence-electron chi connectivity index (χ4n) is 2.54. The Balaban J connectivity index is 1.61. The molecule has 0 aliphatic carbocycles. The lowest BCUT2D eigenvalue weighted by Gasteiger charge is -2.22. The van der Waals surface area contributed by atoms with E-state index in [4.69, 9.17) is 18.9 Å². The average molecular weight is 337 g/mol. The first-order valence-electron chi connectivity index (χ1n) is 8.49. The molecule has 0 radical (unpaired) electrons. The van der Waals surface area contributed by atoms with Gasteiger partial charge in [-0.1, -0.05) is 26.0 Å². The van der Waals surface area contributed by atoms with Crippen molar-refractivity contribution in [1.29, 1.82) is 0 Å². The summed E-state index contributed by atoms with van der Waals surface area (Å²) in [5.74, 6) is -0.0811. The number of carbonyl (C=O) groups is 1. The van der Waals surface area contributed by atoms with Crippen LogP contribution in [-0.4, -0.2) is 56.1 Å². The molecule has 0 N–H and O–H groups in total. The predicted octanol–water partition coefficient (Wildman–Crippen LogP) is 2.47. The molecule has 134 valence electrons. The molecule has 0 aromatic heterocycles. The number of ether oxygens (including phenoxy) is 4. The molecule has 1 heterocycles. The van der Waals surface area contributed by atoms with Gasteiger partial charge in [0.2, 0.25) is 0 Å². The van der Waals surface area contributed by atoms with Crippen molar-refractivity contribution in [2.24, 2.45) is 0 Å². The van der Waals surface area contributed by atoms with Crippen LogP contribution in [0, 0.1) is 0 Å². The third-order valence-electron chi connectivity index (χ3n) is 3.90. The summed E-state index contributed by atoms with van der Waals surface area (Å²) < 4.78 is 22.1. The van der Waals surface area contributed by atoms with Crippen molar-refractivity contribution in [1.82, 2.24) is 4.90 Å². The monoisotopic (exact) mass is 337 g/mol. The molecule has 6 nitrogen and oxygen atoms in total. The molecule has 1 aromatic carbocycles. The van der Waals surface area contributed by atoms with Gasteiger partial charge in [-0.2, -0.15) is 0 Å². The minimum atomic E-state index is -1.01. The maximum absolute atomic E-state index is 11.9. The first-order valence-corrected chi connectivity index (χ1v) is 8.49. The van der Waals surface area contributed by atoms with Crippen LogP contribution < -0.4 is 9.47 Å². The summed E-state index contributed by atoms with van der Waals surface area (Å²) in [5, 5.41) is 0. The van der Waals surface area contributed by atoms with Gasteiger partial charge in [0.15, 0.2) is 11.5 Å². The quantitative estimate of drug-likeness (QED) is 0.483. The standard InChI is InChI=1S/C18H27NO5/c1-4-19(5-2)10-11-21-12-13-22-17(20)14-18(3)23-15-8-6-7-9-16(15)24-18/h6-9H,4-5,10-14H2,1-3H3. The Labute approximate surface area is 143 Å². The molecule has 24 heavy (non-hydrogen) atoms. The van der Waals surface area contributed by atoms with E-state index in [0.717, 1.165) is 19.6 Å². The van der Waals surface area contributed by atoms with Crippen LogP contribution in [0.2, 0.25) is 0 Å². The Morgan fingerprint density at radius 2 is 1.71 bits per heavy atom. The molecule has 2 rings (SSSR count). The first-order chi connectivity index (χ1) is 11.6. The highest BCUT2D eigenvalue weighted by atomic mass is 16.7. The number of hydrogen-bond acceptors (Lipinski definition) is 6. The van der Waals surface area contributed by atoms with E-state index in [2.05, 4.69) is 18.7 Å². The number of rotatable bonds is 10. The molecule has 1 aromatic rings. The molecule has 0 saturated heterocycles. The molecule has 0 amide bonds. The average Bonchev–Trinajstić information content (AvgIpc) is 2.89. The number of nitrogens with zero attached hydrogens (tertiary/aromatic N) is 1. The van der Waals surface area contributed by atoms with Gasteiger partial charge in [-0.05, 0) is 25.2 Å². The number of hydrogen-bond donors (Lipinski definition) is 0. The molecule has 0 bridgehead atoms. The van der Waals surface area contributed by atoms with E-state index in [-0.39, 0.29) is 19.0 Å². The minimum Gasteiger partial charge on any atom is -0.463 e. The Morgan fingerprint density at radius 1 is 1.08 bits per heavy atom. The number of para-hydroxylation sites is 2. The van der Waals surface area contributed by atoms with Gasteiger partial charge in [-0.3, -0.25) is 4.79 Å². The SMILES string of the molecule is CCN(CC)CCOCCOC(=O)CC1(C)Oc2ccccc2O1. The normalized spacial score (nSPS) is 14.8. The lowest BCUT2D eigenvalue weighted by molar-refractivity contribution is -0.157. The molecule has 6 heteroatoms. The van der Waals surface area contributed by atoms with E-state index in [1.807, 2.05) is 24.3 Å². The zero-order valence-corrected chi connectivity index (χ0v) is 14.7. The van der Waals surface area contributed by atoms with E-state index in [1.54, 1.807) is 6.92 Å². The summed E-state index contributed by atoms with van der Waals surface area (Å²) in [5.41, 5.74) is 0. The van der Waals surface area contributed by atoms with E-state index < -0.39 is 5.79 Å². The van der Waals surface area contributed by atoms with Gasteiger partial charge < -0.3 is 23.8 Å². The van der Waals surface area contributed by atoms with Crippen LogP contribution in [0.1, 0.15) is 27.2 Å². The zero-order valence-electron chi connectivity index (χ0n) is 14.7. The van der Waals surface area contributed by atoms with Crippen LogP contribution in [0.4, 0.5) is 0 Å². The third kappa shape index (κ3) is 5.39. The van der Waals surface area contributed by atoms with Crippen LogP contribution in [0.25, 0.3) is 0 Å². The minimum absolute atomic E-state index is 0.0289. The van der Waals surface area contributed by atoms with E-state index >= 15 is 0 Å². The van der Waals surface area contributed by atoms with E-state index in [9.17, 15) is 4.79 Å². The van der Waals surface area contributed by atoms with Crippen molar-refractivity contribution in [3.8, 4) is 11.5 Å². The van der Waals surface area contributed by atoms with Crippen LogP contribution >= 0.6 is 0 Å². The summed E-state index contributed by atoms with van der Waals surface area (Å²) >= 11 is 0. The number of fused-ring (bicyclic) bond motifs is 1. The summed E-state index contributed by atoms with van der Waals surface area (Å²) in [6.45, 7) is 10.2. The molecule has 0 atom stereocenters. The van der Waals surface area contributed by atoms with Crippen LogP contribution in [0.5, 0.6) is 11.5 Å². The van der Waals surface area contributed by atoms with Crippen molar-refractivity contribution in [2.45, 2.75) is 33.0 Å². The van der Waals surface area contributed by atoms with Gasteiger partial charge in [0.05, 0.1) is 13.2 Å². The van der Waals surface area contributed by atoms with Crippen molar-refractivity contribution < 1.29 is 23.7 Å². The smallest absolute Gasteiger partial charge is 0.313 e. The van der Waals surface area contributed by atoms with E-state index in [1.165, 1.54) is 0 Å². The van der Waals surface area contributed by atoms with Gasteiger partial charge in [-0.25, -0.2) is 0 Å². The van der Waals surface area contributed by atoms with Crippen molar-refractivity contribution in [3.05, 3.63) is 24.3 Å². The topological polar surface area (TPSA) is 57.2 Å². The second-order valence-electron chi connectivity index (χ2n) is 5.82. The molecular weight excluding hydrogens is 310 g/mol. The second kappa shape index (κ2) is 8.89. The largest absolute Gasteiger partial charge is 0.463 e. The summed E-state index contributed by atoms with van der Waals surface area (Å²) in [6, 6.07) is 7.36. The highest BCUT2D eigenvalue weighted by Gasteiger charge is 2.39. The molecule has 1 aliphatic heterocycles. The fourth-order valence-corrected chi connectivity index (χ4v) is 2.54. The van der Waals surface area contributed by atoms with Gasteiger partial charge in [-0.15, -0.1) is 0 Å². The first kappa shape index (κ1) is 18.5. The molecule has 0 spiro atoms. The molecule has 0 saturated carbocycles. The molecule has 0 unspecified atom stereocenters. The Morgan fingerprint density at radius 3 is 2.29 bits per heavy atom. The number of likely N-dealkylation sites (N-methyl/N-ethyl adjacent to an activating group) is 1. The van der Waals surface area contributed by atoms with Crippen molar-refractivity contribution in [3.63, 3.8) is 0 Å². The highest BCUT2D eigenvalue weighted by Crippen LogP contribution is 2.40. The van der Waals surface area contributed by atoms with Crippen LogP contribution in [0.3, 0.4) is 0 Å². The maximum atomic E-state index is 11.9. The van der Waals surface area contributed by atoms with Crippen LogP contribution in [-0.2, 0) is 14.3 Å². The van der Waals surface area contributed by atoms with Crippen LogP contribution in [0.15, 0.2) is 24.3 Å². The second-order valence-corrected chi connectivity index (χ2v) is 5.82. The number of benzene rings is 1. The van der Waals surface area contributed by atoms with Gasteiger partial charge in [0.1, 0.15) is 13.0 Å². The Hall–Kier alpha value is -1.79. The Kier molecular flexibility index (Phi) is 6.87. The number of esters is 1. The third-order valence-corrected chi connectivity index (χ3v) is 3.90. The fraction of sp³-hybridized carbons (Fsp3) is 0.611. The van der Waals surface area contributed by atoms with E-state index in [0.29, 0.717) is 24.7 Å². The molecule has 1 aliphatic rings. The Bertz CT molecular complexity index is 505. The molecule has 0 fully saturated rings. The van der Waals surface area contributed by atoms with Crippen molar-refractivity contribution >= 4 is 5.97 Å². The lowest BCUT2D eigenvalue weighted by atomic mass is 10.2. The summed E-state index contributed by atoms with van der Waals surface area (Å²) in [4.78, 5) is 14.2. The molecular formula is C18H27NO5. The zero-order chi connectivity index (χ0) is 17.4. The predicted molar refractivity (Wildman–Crippen MR) is 90.3 cm³/mol. The van der Waals surface area contributed by atoms with Crippen molar-refractivity contribution in [2.75, 3.05) is 39.5 Å².